The molecule has 0 aliphatic rings. The molecule has 0 radical (unpaired) electrons. The van der Waals surface area contributed by atoms with E-state index in [-0.39, 0.29) is 17.6 Å². The summed E-state index contributed by atoms with van der Waals surface area (Å²) in [7, 11) is 0. The quantitative estimate of drug-likeness (QED) is 0.861. The Balaban J connectivity index is 2.74. The third-order valence-corrected chi connectivity index (χ3v) is 3.41. The number of carbonyl (C=O) groups excluding carboxylic acids is 1. The molecule has 0 fully saturated rings. The summed E-state index contributed by atoms with van der Waals surface area (Å²) < 4.78 is 19.8. The van der Waals surface area contributed by atoms with Gasteiger partial charge in [0.15, 0.2) is 0 Å². The minimum Gasteiger partial charge on any atom is -0.462 e. The van der Waals surface area contributed by atoms with Gasteiger partial charge in [-0.3, -0.25) is 4.98 Å². The minimum absolute atomic E-state index is 0.234. The van der Waals surface area contributed by atoms with Crippen LogP contribution >= 0.6 is 15.9 Å². The van der Waals surface area contributed by atoms with E-state index in [2.05, 4.69) is 26.2 Å². The lowest BCUT2D eigenvalue weighted by Gasteiger charge is -2.14. The van der Waals surface area contributed by atoms with Gasteiger partial charge < -0.3 is 10.1 Å². The minimum atomic E-state index is -0.516. The second-order valence-corrected chi connectivity index (χ2v) is 4.90. The van der Waals surface area contributed by atoms with Crippen LogP contribution in [0.5, 0.6) is 0 Å². The first kappa shape index (κ1) is 14.7. The highest BCUT2D eigenvalue weighted by Crippen LogP contribution is 2.32. The van der Waals surface area contributed by atoms with Crippen LogP contribution in [0, 0.1) is 5.82 Å². The molecule has 0 aliphatic carbocycles. The van der Waals surface area contributed by atoms with Gasteiger partial charge in [-0.05, 0) is 41.9 Å². The Morgan fingerprint density at radius 3 is 2.85 bits per heavy atom. The number of halogens is 2. The van der Waals surface area contributed by atoms with E-state index in [9.17, 15) is 9.18 Å². The largest absolute Gasteiger partial charge is 0.462 e. The standard InChI is InChI=1S/C14H14BrFN2O2/c1-3-17-12-8(14(19)20-4-2)7-18-13-9(15)5-6-10(16)11(12)13/h5-7H,3-4H2,1-2H3,(H,17,18). The lowest BCUT2D eigenvalue weighted by atomic mass is 10.1. The maximum atomic E-state index is 14.1. The SMILES string of the molecule is CCNc1c(C(=O)OCC)cnc2c(Br)ccc(F)c12. The van der Waals surface area contributed by atoms with Gasteiger partial charge in [0, 0.05) is 17.2 Å². The van der Waals surface area contributed by atoms with Gasteiger partial charge in [-0.15, -0.1) is 0 Å². The van der Waals surface area contributed by atoms with Gasteiger partial charge in [-0.25, -0.2) is 9.18 Å². The average Bonchev–Trinajstić information content (AvgIpc) is 2.43. The molecule has 0 saturated heterocycles. The zero-order valence-electron chi connectivity index (χ0n) is 11.2. The molecule has 0 aliphatic heterocycles. The number of hydrogen-bond donors (Lipinski definition) is 1. The normalized spacial score (nSPS) is 10.6. The van der Waals surface area contributed by atoms with Crippen molar-refractivity contribution in [2.24, 2.45) is 0 Å². The Labute approximate surface area is 124 Å². The Bertz CT molecular complexity index is 661. The van der Waals surface area contributed by atoms with Crippen molar-refractivity contribution < 1.29 is 13.9 Å². The van der Waals surface area contributed by atoms with Crippen LogP contribution in [0.25, 0.3) is 10.9 Å². The van der Waals surface area contributed by atoms with Crippen LogP contribution in [0.4, 0.5) is 10.1 Å². The second kappa shape index (κ2) is 6.17. The highest BCUT2D eigenvalue weighted by Gasteiger charge is 2.19. The van der Waals surface area contributed by atoms with Gasteiger partial charge in [-0.2, -0.15) is 0 Å². The van der Waals surface area contributed by atoms with Gasteiger partial charge in [0.05, 0.1) is 23.2 Å². The Kier molecular flexibility index (Phi) is 4.54. The monoisotopic (exact) mass is 340 g/mol. The number of nitrogens with zero attached hydrogens (tertiary/aromatic N) is 1. The van der Waals surface area contributed by atoms with Crippen molar-refractivity contribution in [3.8, 4) is 0 Å². The molecular formula is C14H14BrFN2O2. The van der Waals surface area contributed by atoms with Crippen molar-refractivity contribution in [1.82, 2.24) is 4.98 Å². The first-order valence-electron chi connectivity index (χ1n) is 6.27. The number of pyridine rings is 1. The van der Waals surface area contributed by atoms with E-state index >= 15 is 0 Å². The van der Waals surface area contributed by atoms with Crippen LogP contribution in [-0.4, -0.2) is 24.1 Å². The maximum absolute atomic E-state index is 14.1. The maximum Gasteiger partial charge on any atom is 0.341 e. The summed E-state index contributed by atoms with van der Waals surface area (Å²) in [6.07, 6.45) is 1.41. The second-order valence-electron chi connectivity index (χ2n) is 4.05. The van der Waals surface area contributed by atoms with Crippen molar-refractivity contribution in [3.05, 3.63) is 34.2 Å². The number of ether oxygens (including phenoxy) is 1. The third kappa shape index (κ3) is 2.60. The lowest BCUT2D eigenvalue weighted by molar-refractivity contribution is 0.0527. The van der Waals surface area contributed by atoms with Crippen molar-refractivity contribution in [2.75, 3.05) is 18.5 Å². The fourth-order valence-electron chi connectivity index (χ4n) is 1.96. The van der Waals surface area contributed by atoms with Gasteiger partial charge in [0.2, 0.25) is 0 Å². The van der Waals surface area contributed by atoms with Crippen molar-refractivity contribution >= 4 is 38.5 Å². The number of nitrogens with one attached hydrogen (secondary N) is 1. The summed E-state index contributed by atoms with van der Waals surface area (Å²) in [4.78, 5) is 16.1. The van der Waals surface area contributed by atoms with Crippen LogP contribution < -0.4 is 5.32 Å². The highest BCUT2D eigenvalue weighted by atomic mass is 79.9. The van der Waals surface area contributed by atoms with E-state index in [1.807, 2.05) is 6.92 Å². The van der Waals surface area contributed by atoms with Crippen LogP contribution in [0.1, 0.15) is 24.2 Å². The molecule has 1 heterocycles. The molecule has 0 amide bonds. The van der Waals surface area contributed by atoms with Gasteiger partial charge in [-0.1, -0.05) is 0 Å². The van der Waals surface area contributed by atoms with Crippen LogP contribution in [0.15, 0.2) is 22.8 Å². The van der Waals surface area contributed by atoms with E-state index in [4.69, 9.17) is 4.74 Å². The summed E-state index contributed by atoms with van der Waals surface area (Å²) in [6.45, 7) is 4.40. The number of anilines is 1. The first-order valence-corrected chi connectivity index (χ1v) is 7.07. The lowest BCUT2D eigenvalue weighted by Crippen LogP contribution is -2.11. The number of rotatable bonds is 4. The molecule has 106 valence electrons. The van der Waals surface area contributed by atoms with Crippen LogP contribution in [0.2, 0.25) is 0 Å². The number of fused-ring (bicyclic) bond motifs is 1. The smallest absolute Gasteiger partial charge is 0.341 e. The van der Waals surface area contributed by atoms with E-state index in [1.165, 1.54) is 12.3 Å². The number of benzene rings is 1. The molecular weight excluding hydrogens is 327 g/mol. The molecule has 0 atom stereocenters. The molecule has 2 aromatic rings. The number of hydrogen-bond acceptors (Lipinski definition) is 4. The summed E-state index contributed by atoms with van der Waals surface area (Å²) in [5.74, 6) is -0.949. The third-order valence-electron chi connectivity index (χ3n) is 2.77. The fourth-order valence-corrected chi connectivity index (χ4v) is 2.39. The Hall–Kier alpha value is -1.69. The van der Waals surface area contributed by atoms with Gasteiger partial charge >= 0.3 is 5.97 Å². The summed E-state index contributed by atoms with van der Waals surface area (Å²) in [5, 5.41) is 3.31. The fraction of sp³-hybridized carbons (Fsp3) is 0.286. The predicted octanol–water partition coefficient (Wildman–Crippen LogP) is 3.74. The summed E-state index contributed by atoms with van der Waals surface area (Å²) in [5.41, 5.74) is 1.11. The molecule has 1 N–H and O–H groups in total. The molecule has 0 unspecified atom stereocenters. The van der Waals surface area contributed by atoms with Gasteiger partial charge in [0.1, 0.15) is 11.4 Å². The molecule has 0 spiro atoms. The van der Waals surface area contributed by atoms with E-state index in [0.717, 1.165) is 0 Å². The first-order chi connectivity index (χ1) is 9.60. The van der Waals surface area contributed by atoms with E-state index in [0.29, 0.717) is 22.2 Å². The summed E-state index contributed by atoms with van der Waals surface area (Å²) in [6, 6.07) is 2.92. The average molecular weight is 341 g/mol. The molecule has 1 aromatic heterocycles. The zero-order chi connectivity index (χ0) is 14.7. The molecule has 2 rings (SSSR count). The van der Waals surface area contributed by atoms with Crippen LogP contribution in [-0.2, 0) is 4.74 Å². The molecule has 1 aromatic carbocycles. The topological polar surface area (TPSA) is 51.2 Å². The van der Waals surface area contributed by atoms with Crippen molar-refractivity contribution in [3.63, 3.8) is 0 Å². The molecule has 4 nitrogen and oxygen atoms in total. The zero-order valence-corrected chi connectivity index (χ0v) is 12.8. The molecule has 6 heteroatoms. The summed E-state index contributed by atoms with van der Waals surface area (Å²) >= 11 is 3.34. The Morgan fingerprint density at radius 2 is 2.20 bits per heavy atom. The number of aromatic nitrogens is 1. The van der Waals surface area contributed by atoms with Crippen molar-refractivity contribution in [2.45, 2.75) is 13.8 Å². The van der Waals surface area contributed by atoms with Gasteiger partial charge in [0.25, 0.3) is 0 Å². The van der Waals surface area contributed by atoms with Crippen molar-refractivity contribution in [1.29, 1.82) is 0 Å². The highest BCUT2D eigenvalue weighted by molar-refractivity contribution is 9.10. The molecule has 0 saturated carbocycles. The predicted molar refractivity (Wildman–Crippen MR) is 79.5 cm³/mol. The van der Waals surface area contributed by atoms with Crippen LogP contribution in [0.3, 0.4) is 0 Å². The molecule has 0 bridgehead atoms. The Morgan fingerprint density at radius 1 is 1.45 bits per heavy atom. The van der Waals surface area contributed by atoms with E-state index in [1.54, 1.807) is 13.0 Å². The number of carbonyl (C=O) groups is 1. The molecule has 20 heavy (non-hydrogen) atoms. The number of esters is 1. The van der Waals surface area contributed by atoms with E-state index < -0.39 is 11.8 Å².